The number of hydrogen-bond donors (Lipinski definition) is 0. The Morgan fingerprint density at radius 1 is 1.19 bits per heavy atom. The lowest BCUT2D eigenvalue weighted by Gasteiger charge is -2.49. The van der Waals surface area contributed by atoms with Crippen LogP contribution in [0.1, 0.15) is 40.5 Å². The standard InChI is InChI=1S/C9H18NO5S/c1-8(2)5-7(15-16(12,13)14)6-9(3,4)10(8)11/h7H,5-6H2,1-4H3,(H,12,13,14)/p-1. The van der Waals surface area contributed by atoms with Crippen LogP contribution in [0.4, 0.5) is 0 Å². The largest absolute Gasteiger partial charge is 0.726 e. The van der Waals surface area contributed by atoms with Crippen molar-refractivity contribution < 1.29 is 22.4 Å². The monoisotopic (exact) mass is 251 g/mol. The molecular formula is C9H17NO5S-. The second kappa shape index (κ2) is 3.92. The number of hydrogen-bond acceptors (Lipinski definition) is 5. The van der Waals surface area contributed by atoms with Gasteiger partial charge in [0.05, 0.1) is 6.10 Å². The minimum Gasteiger partial charge on any atom is -0.726 e. The summed E-state index contributed by atoms with van der Waals surface area (Å²) in [5.41, 5.74) is -1.48. The highest BCUT2D eigenvalue weighted by atomic mass is 32.3. The minimum absolute atomic E-state index is 0.224. The summed E-state index contributed by atoms with van der Waals surface area (Å²) >= 11 is 0. The molecule has 1 saturated heterocycles. The van der Waals surface area contributed by atoms with Gasteiger partial charge in [-0.05, 0) is 40.5 Å². The first kappa shape index (κ1) is 13.9. The summed E-state index contributed by atoms with van der Waals surface area (Å²) in [4.78, 5) is 0. The molecule has 0 N–H and O–H groups in total. The minimum atomic E-state index is -4.71. The molecule has 95 valence electrons. The van der Waals surface area contributed by atoms with E-state index < -0.39 is 27.6 Å². The zero-order chi connectivity index (χ0) is 12.8. The quantitative estimate of drug-likeness (QED) is 0.535. The van der Waals surface area contributed by atoms with Crippen molar-refractivity contribution in [2.45, 2.75) is 57.7 Å². The van der Waals surface area contributed by atoms with Crippen LogP contribution in [-0.4, -0.2) is 35.2 Å². The third-order valence-corrected chi connectivity index (χ3v) is 3.32. The molecule has 0 amide bonds. The number of rotatable bonds is 2. The lowest BCUT2D eigenvalue weighted by atomic mass is 9.80. The molecule has 0 aromatic rings. The fourth-order valence-electron chi connectivity index (χ4n) is 2.41. The van der Waals surface area contributed by atoms with Crippen LogP contribution in [-0.2, 0) is 19.8 Å². The maximum Gasteiger partial charge on any atom is 0.217 e. The summed E-state index contributed by atoms with van der Waals surface area (Å²) in [7, 11) is -4.71. The maximum atomic E-state index is 11.9. The molecule has 1 heterocycles. The van der Waals surface area contributed by atoms with E-state index in [-0.39, 0.29) is 12.8 Å². The molecule has 0 atom stereocenters. The smallest absolute Gasteiger partial charge is 0.217 e. The van der Waals surface area contributed by atoms with Gasteiger partial charge in [-0.15, -0.1) is 10.3 Å². The summed E-state index contributed by atoms with van der Waals surface area (Å²) in [6, 6.07) is 0. The van der Waals surface area contributed by atoms with Gasteiger partial charge in [0, 0.05) is 11.1 Å². The molecule has 0 aromatic heterocycles. The van der Waals surface area contributed by atoms with Crippen LogP contribution in [0.5, 0.6) is 0 Å². The first-order valence-electron chi connectivity index (χ1n) is 5.06. The van der Waals surface area contributed by atoms with Crippen molar-refractivity contribution in [3.05, 3.63) is 0 Å². The Labute approximate surface area is 96.1 Å². The Morgan fingerprint density at radius 3 is 1.88 bits per heavy atom. The number of nitrogens with zero attached hydrogens (tertiary/aromatic N) is 1. The second-order valence-electron chi connectivity index (χ2n) is 5.45. The van der Waals surface area contributed by atoms with Crippen LogP contribution < -0.4 is 0 Å². The van der Waals surface area contributed by atoms with Crippen molar-refractivity contribution in [1.29, 1.82) is 0 Å². The lowest BCUT2D eigenvalue weighted by Crippen LogP contribution is -2.60. The van der Waals surface area contributed by atoms with Crippen molar-refractivity contribution in [2.75, 3.05) is 0 Å². The van der Waals surface area contributed by atoms with Gasteiger partial charge in [0.1, 0.15) is 0 Å². The van der Waals surface area contributed by atoms with E-state index in [0.29, 0.717) is 0 Å². The molecule has 1 aliphatic heterocycles. The molecule has 1 fully saturated rings. The highest BCUT2D eigenvalue weighted by Crippen LogP contribution is 2.38. The van der Waals surface area contributed by atoms with Crippen LogP contribution in [0, 0.1) is 0 Å². The van der Waals surface area contributed by atoms with E-state index in [1.54, 1.807) is 27.7 Å². The van der Waals surface area contributed by atoms with Gasteiger partial charge in [-0.1, -0.05) is 0 Å². The molecule has 0 bridgehead atoms. The summed E-state index contributed by atoms with van der Waals surface area (Å²) in [5.74, 6) is 0. The van der Waals surface area contributed by atoms with Gasteiger partial charge < -0.3 is 4.55 Å². The third kappa shape index (κ3) is 3.14. The molecule has 1 aliphatic rings. The van der Waals surface area contributed by atoms with Crippen LogP contribution >= 0.6 is 0 Å². The lowest BCUT2D eigenvalue weighted by molar-refractivity contribution is -0.296. The van der Waals surface area contributed by atoms with Crippen molar-refractivity contribution in [3.8, 4) is 0 Å². The average molecular weight is 251 g/mol. The van der Waals surface area contributed by atoms with E-state index in [1.807, 2.05) is 0 Å². The molecule has 0 unspecified atom stereocenters. The molecule has 0 aromatic carbocycles. The van der Waals surface area contributed by atoms with Crippen LogP contribution in [0.2, 0.25) is 0 Å². The van der Waals surface area contributed by atoms with Gasteiger partial charge in [0.15, 0.2) is 0 Å². The molecule has 16 heavy (non-hydrogen) atoms. The molecule has 0 spiro atoms. The molecular weight excluding hydrogens is 234 g/mol. The Bertz CT molecular complexity index is 344. The molecule has 6 nitrogen and oxygen atoms in total. The van der Waals surface area contributed by atoms with Crippen molar-refractivity contribution in [1.82, 2.24) is 5.06 Å². The SMILES string of the molecule is CC1(C)CC(OS(=O)(=O)[O-])CC(C)(C)N1[O]. The zero-order valence-electron chi connectivity index (χ0n) is 9.89. The summed E-state index contributed by atoms with van der Waals surface area (Å²) < 4.78 is 36.0. The predicted molar refractivity (Wildman–Crippen MR) is 54.5 cm³/mol. The van der Waals surface area contributed by atoms with Crippen LogP contribution in [0.3, 0.4) is 0 Å². The Balaban J connectivity index is 2.87. The summed E-state index contributed by atoms with van der Waals surface area (Å²) in [5, 5.41) is 12.9. The molecule has 7 heteroatoms. The fraction of sp³-hybridized carbons (Fsp3) is 1.00. The first-order chi connectivity index (χ1) is 6.94. The van der Waals surface area contributed by atoms with Gasteiger partial charge in [-0.25, -0.2) is 8.42 Å². The normalized spacial score (nSPS) is 26.9. The number of piperidine rings is 1. The third-order valence-electron chi connectivity index (χ3n) is 2.81. The molecule has 1 rings (SSSR count). The second-order valence-corrected chi connectivity index (χ2v) is 6.46. The molecule has 1 radical (unpaired) electrons. The highest BCUT2D eigenvalue weighted by Gasteiger charge is 2.47. The van der Waals surface area contributed by atoms with Crippen LogP contribution in [0.25, 0.3) is 0 Å². The average Bonchev–Trinajstić information content (AvgIpc) is 1.95. The van der Waals surface area contributed by atoms with E-state index in [4.69, 9.17) is 0 Å². The summed E-state index contributed by atoms with van der Waals surface area (Å²) in [6.45, 7) is 6.81. The summed E-state index contributed by atoms with van der Waals surface area (Å²) in [6.07, 6.45) is -0.277. The topological polar surface area (TPSA) is 89.6 Å². The van der Waals surface area contributed by atoms with E-state index in [0.717, 1.165) is 5.06 Å². The Morgan fingerprint density at radius 2 is 1.56 bits per heavy atom. The van der Waals surface area contributed by atoms with Crippen molar-refractivity contribution in [3.63, 3.8) is 0 Å². The molecule has 0 saturated carbocycles. The molecule has 0 aliphatic carbocycles. The van der Waals surface area contributed by atoms with Crippen molar-refractivity contribution >= 4 is 10.4 Å². The van der Waals surface area contributed by atoms with Gasteiger partial charge >= 0.3 is 0 Å². The van der Waals surface area contributed by atoms with Gasteiger partial charge in [-0.2, -0.15) is 0 Å². The fourth-order valence-corrected chi connectivity index (χ4v) is 2.88. The van der Waals surface area contributed by atoms with E-state index >= 15 is 0 Å². The van der Waals surface area contributed by atoms with Gasteiger partial charge in [0.25, 0.3) is 0 Å². The van der Waals surface area contributed by atoms with Crippen molar-refractivity contribution in [2.24, 2.45) is 0 Å². The Kier molecular flexibility index (Phi) is 3.39. The maximum absolute atomic E-state index is 11.9. The van der Waals surface area contributed by atoms with Crippen LogP contribution in [0.15, 0.2) is 0 Å². The first-order valence-corrected chi connectivity index (χ1v) is 6.39. The number of hydroxylamine groups is 2. The predicted octanol–water partition coefficient (Wildman–Crippen LogP) is 0.830. The Hall–Kier alpha value is -0.210. The van der Waals surface area contributed by atoms with Gasteiger partial charge in [0.2, 0.25) is 10.4 Å². The highest BCUT2D eigenvalue weighted by molar-refractivity contribution is 7.80. The van der Waals surface area contributed by atoms with E-state index in [9.17, 15) is 18.2 Å². The van der Waals surface area contributed by atoms with E-state index in [1.165, 1.54) is 0 Å². The van der Waals surface area contributed by atoms with E-state index in [2.05, 4.69) is 4.18 Å². The van der Waals surface area contributed by atoms with Gasteiger partial charge in [-0.3, -0.25) is 4.18 Å². The zero-order valence-corrected chi connectivity index (χ0v) is 10.7.